The molecule has 0 fully saturated rings. The highest BCUT2D eigenvalue weighted by Gasteiger charge is 2.38. The molecule has 0 spiro atoms. The van der Waals surface area contributed by atoms with Gasteiger partial charge in [0.25, 0.3) is 0 Å². The fraction of sp³-hybridized carbons (Fsp3) is 0.120. The molecule has 0 atom stereocenters. The lowest BCUT2D eigenvalue weighted by molar-refractivity contribution is -0.109. The highest BCUT2D eigenvalue weighted by atomic mass is 16.1. The summed E-state index contributed by atoms with van der Waals surface area (Å²) in [4.78, 5) is 15.2. The Bertz CT molecular complexity index is 946. The van der Waals surface area contributed by atoms with Crippen LogP contribution in [0.2, 0.25) is 0 Å². The minimum absolute atomic E-state index is 0.548. The second-order valence-corrected chi connectivity index (χ2v) is 6.90. The van der Waals surface area contributed by atoms with Gasteiger partial charge < -0.3 is 9.88 Å². The van der Waals surface area contributed by atoms with Gasteiger partial charge in [-0.2, -0.15) is 0 Å². The van der Waals surface area contributed by atoms with Crippen molar-refractivity contribution in [3.63, 3.8) is 0 Å². The van der Waals surface area contributed by atoms with Crippen LogP contribution in [-0.4, -0.2) is 22.5 Å². The average molecular weight is 381 g/mol. The second-order valence-electron chi connectivity index (χ2n) is 6.90. The molecule has 0 radical (unpaired) electrons. The zero-order chi connectivity index (χ0) is 19.9. The van der Waals surface area contributed by atoms with Gasteiger partial charge in [0.2, 0.25) is 6.41 Å². The Morgan fingerprint density at radius 2 is 1.28 bits per heavy atom. The fourth-order valence-electron chi connectivity index (χ4n) is 3.92. The summed E-state index contributed by atoms with van der Waals surface area (Å²) >= 11 is 0. The standard InChI is InChI=1S/C25H23N3O/c29-20-26-17-16-24-18-28(19-27-24)25(21-10-4-1-5-11-21,22-12-6-2-7-13-22)23-14-8-3-9-15-23/h1-15,18-20H,16-17H2,(H,26,29). The Balaban J connectivity index is 1.95. The normalized spacial score (nSPS) is 11.2. The van der Waals surface area contributed by atoms with Gasteiger partial charge in [0.15, 0.2) is 0 Å². The summed E-state index contributed by atoms with van der Waals surface area (Å²) in [6, 6.07) is 31.5. The van der Waals surface area contributed by atoms with Crippen molar-refractivity contribution in [3.05, 3.63) is 126 Å². The van der Waals surface area contributed by atoms with Gasteiger partial charge in [-0.1, -0.05) is 91.0 Å². The van der Waals surface area contributed by atoms with Crippen LogP contribution in [0.3, 0.4) is 0 Å². The first-order valence-electron chi connectivity index (χ1n) is 9.72. The number of nitrogens with zero attached hydrogens (tertiary/aromatic N) is 2. The van der Waals surface area contributed by atoms with E-state index in [0.717, 1.165) is 28.8 Å². The summed E-state index contributed by atoms with van der Waals surface area (Å²) in [5.41, 5.74) is 3.87. The largest absolute Gasteiger partial charge is 0.358 e. The smallest absolute Gasteiger partial charge is 0.207 e. The van der Waals surface area contributed by atoms with Crippen LogP contribution in [0.5, 0.6) is 0 Å². The van der Waals surface area contributed by atoms with Crippen molar-refractivity contribution in [2.24, 2.45) is 0 Å². The summed E-state index contributed by atoms with van der Waals surface area (Å²) in [5, 5.41) is 2.71. The second kappa shape index (κ2) is 8.57. The van der Waals surface area contributed by atoms with Gasteiger partial charge in [-0.15, -0.1) is 0 Å². The lowest BCUT2D eigenvalue weighted by Gasteiger charge is -2.37. The van der Waals surface area contributed by atoms with Gasteiger partial charge in [-0.3, -0.25) is 4.79 Å². The van der Waals surface area contributed by atoms with E-state index in [4.69, 9.17) is 0 Å². The summed E-state index contributed by atoms with van der Waals surface area (Å²) in [6.07, 6.45) is 5.38. The van der Waals surface area contributed by atoms with Crippen LogP contribution in [-0.2, 0) is 16.8 Å². The molecule has 1 aromatic heterocycles. The van der Waals surface area contributed by atoms with Gasteiger partial charge >= 0.3 is 0 Å². The number of imidazole rings is 1. The molecule has 1 amide bonds. The molecule has 4 nitrogen and oxygen atoms in total. The number of aromatic nitrogens is 2. The van der Waals surface area contributed by atoms with Crippen molar-refractivity contribution in [3.8, 4) is 0 Å². The van der Waals surface area contributed by atoms with Crippen LogP contribution < -0.4 is 5.32 Å². The third-order valence-electron chi connectivity index (χ3n) is 5.21. The van der Waals surface area contributed by atoms with E-state index in [9.17, 15) is 4.79 Å². The molecule has 3 aromatic carbocycles. The Labute approximate surface area is 170 Å². The van der Waals surface area contributed by atoms with E-state index >= 15 is 0 Å². The van der Waals surface area contributed by atoms with Gasteiger partial charge in [-0.25, -0.2) is 4.98 Å². The minimum atomic E-state index is -0.548. The molecule has 0 aliphatic carbocycles. The molecule has 1 N–H and O–H groups in total. The van der Waals surface area contributed by atoms with Crippen LogP contribution in [0.25, 0.3) is 0 Å². The van der Waals surface area contributed by atoms with Gasteiger partial charge in [0.1, 0.15) is 5.54 Å². The maximum absolute atomic E-state index is 10.6. The van der Waals surface area contributed by atoms with Crippen LogP contribution >= 0.6 is 0 Å². The molecule has 0 saturated heterocycles. The van der Waals surface area contributed by atoms with E-state index in [1.165, 1.54) is 0 Å². The van der Waals surface area contributed by atoms with Crippen LogP contribution in [0.4, 0.5) is 0 Å². The molecule has 144 valence electrons. The van der Waals surface area contributed by atoms with Crippen molar-refractivity contribution in [1.29, 1.82) is 0 Å². The van der Waals surface area contributed by atoms with Gasteiger partial charge in [-0.05, 0) is 16.7 Å². The quantitative estimate of drug-likeness (QED) is 0.285. The average Bonchev–Trinajstić information content (AvgIpc) is 3.26. The number of hydrogen-bond acceptors (Lipinski definition) is 2. The van der Waals surface area contributed by atoms with Crippen LogP contribution in [0.1, 0.15) is 22.4 Å². The predicted octanol–water partition coefficient (Wildman–Crippen LogP) is 4.01. The first-order chi connectivity index (χ1) is 14.4. The summed E-state index contributed by atoms with van der Waals surface area (Å²) in [5.74, 6) is 0. The van der Waals surface area contributed by atoms with Crippen molar-refractivity contribution >= 4 is 6.41 Å². The number of carbonyl (C=O) groups excluding carboxylic acids is 1. The Kier molecular flexibility index (Phi) is 5.52. The number of hydrogen-bond donors (Lipinski definition) is 1. The Hall–Kier alpha value is -3.66. The Morgan fingerprint density at radius 3 is 1.72 bits per heavy atom. The highest BCUT2D eigenvalue weighted by Crippen LogP contribution is 2.40. The molecule has 0 bridgehead atoms. The van der Waals surface area contributed by atoms with E-state index < -0.39 is 5.54 Å². The lowest BCUT2D eigenvalue weighted by Crippen LogP contribution is -2.36. The Morgan fingerprint density at radius 1 is 0.793 bits per heavy atom. The SMILES string of the molecule is O=CNCCc1cn(C(c2ccccc2)(c2ccccc2)c2ccccc2)cn1. The number of nitrogens with one attached hydrogen (secondary N) is 1. The number of carbonyl (C=O) groups is 1. The van der Waals surface area contributed by atoms with Crippen molar-refractivity contribution in [2.45, 2.75) is 12.0 Å². The van der Waals surface area contributed by atoms with E-state index in [-0.39, 0.29) is 0 Å². The van der Waals surface area contributed by atoms with Crippen molar-refractivity contribution < 1.29 is 4.79 Å². The summed E-state index contributed by atoms with van der Waals surface area (Å²) in [6.45, 7) is 0.565. The third-order valence-corrected chi connectivity index (χ3v) is 5.21. The van der Waals surface area contributed by atoms with E-state index in [0.29, 0.717) is 13.0 Å². The van der Waals surface area contributed by atoms with Crippen LogP contribution in [0, 0.1) is 0 Å². The zero-order valence-electron chi connectivity index (χ0n) is 16.1. The molecule has 0 aliphatic rings. The molecule has 4 heteroatoms. The first-order valence-corrected chi connectivity index (χ1v) is 9.72. The molecule has 4 rings (SSSR count). The molecule has 4 aromatic rings. The van der Waals surface area contributed by atoms with E-state index in [1.807, 2.05) is 24.5 Å². The number of benzene rings is 3. The van der Waals surface area contributed by atoms with Crippen molar-refractivity contribution in [1.82, 2.24) is 14.9 Å². The molecule has 1 heterocycles. The maximum Gasteiger partial charge on any atom is 0.207 e. The predicted molar refractivity (Wildman–Crippen MR) is 115 cm³/mol. The molecule has 0 aliphatic heterocycles. The van der Waals surface area contributed by atoms with Crippen molar-refractivity contribution in [2.75, 3.05) is 6.54 Å². The monoisotopic (exact) mass is 381 g/mol. The minimum Gasteiger partial charge on any atom is -0.358 e. The summed E-state index contributed by atoms with van der Waals surface area (Å²) in [7, 11) is 0. The lowest BCUT2D eigenvalue weighted by atomic mass is 9.77. The first kappa shape index (κ1) is 18.7. The molecule has 29 heavy (non-hydrogen) atoms. The van der Waals surface area contributed by atoms with Gasteiger partial charge in [0.05, 0.1) is 12.0 Å². The number of amides is 1. The zero-order valence-corrected chi connectivity index (χ0v) is 16.1. The van der Waals surface area contributed by atoms with E-state index in [2.05, 4.69) is 93.9 Å². The maximum atomic E-state index is 10.6. The third kappa shape index (κ3) is 3.57. The highest BCUT2D eigenvalue weighted by molar-refractivity contribution is 5.50. The summed E-state index contributed by atoms with van der Waals surface area (Å²) < 4.78 is 2.18. The topological polar surface area (TPSA) is 46.9 Å². The molecular weight excluding hydrogens is 358 g/mol. The number of rotatable bonds is 8. The fourth-order valence-corrected chi connectivity index (χ4v) is 3.92. The van der Waals surface area contributed by atoms with Crippen LogP contribution in [0.15, 0.2) is 104 Å². The molecule has 0 saturated carbocycles. The molecular formula is C25H23N3O. The van der Waals surface area contributed by atoms with Gasteiger partial charge in [0, 0.05) is 19.2 Å². The molecule has 0 unspecified atom stereocenters. The van der Waals surface area contributed by atoms with E-state index in [1.54, 1.807) is 0 Å².